The lowest BCUT2D eigenvalue weighted by molar-refractivity contribution is -0.140. The van der Waals surface area contributed by atoms with Crippen molar-refractivity contribution in [2.75, 3.05) is 30.3 Å². The molecule has 1 atom stereocenters. The third kappa shape index (κ3) is 8.58. The Labute approximate surface area is 209 Å². The van der Waals surface area contributed by atoms with Crippen molar-refractivity contribution in [2.45, 2.75) is 53.1 Å². The number of rotatable bonds is 13. The molecule has 192 valence electrons. The number of hydrogen-bond donors (Lipinski definition) is 1. The average molecular weight is 504 g/mol. The Hall–Kier alpha value is -3.07. The van der Waals surface area contributed by atoms with Gasteiger partial charge in [0.1, 0.15) is 11.8 Å². The van der Waals surface area contributed by atoms with Crippen LogP contribution in [0.4, 0.5) is 5.69 Å². The first-order valence-electron chi connectivity index (χ1n) is 11.9. The Morgan fingerprint density at radius 3 is 2.20 bits per heavy atom. The lowest BCUT2D eigenvalue weighted by atomic mass is 10.1. The van der Waals surface area contributed by atoms with Crippen LogP contribution in [0.25, 0.3) is 0 Å². The number of carbonyl (C=O) groups excluding carboxylic acids is 2. The van der Waals surface area contributed by atoms with Crippen LogP contribution >= 0.6 is 0 Å². The lowest BCUT2D eigenvalue weighted by Gasteiger charge is -2.29. The van der Waals surface area contributed by atoms with Crippen LogP contribution < -0.4 is 14.4 Å². The number of amides is 2. The van der Waals surface area contributed by atoms with E-state index in [9.17, 15) is 18.0 Å². The zero-order valence-corrected chi connectivity index (χ0v) is 22.1. The number of ether oxygens (including phenoxy) is 1. The largest absolute Gasteiger partial charge is 0.494 e. The Balaban J connectivity index is 2.13. The summed E-state index contributed by atoms with van der Waals surface area (Å²) in [6.07, 6.45) is 1.57. The normalized spacial score (nSPS) is 12.0. The van der Waals surface area contributed by atoms with Gasteiger partial charge < -0.3 is 15.0 Å². The summed E-state index contributed by atoms with van der Waals surface area (Å²) in [6, 6.07) is 14.0. The molecule has 2 amide bonds. The maximum Gasteiger partial charge on any atom is 0.242 e. The molecular formula is C26H37N3O5S. The number of nitrogens with one attached hydrogen (secondary N) is 1. The Bertz CT molecular complexity index is 1070. The highest BCUT2D eigenvalue weighted by molar-refractivity contribution is 7.92. The molecule has 0 spiro atoms. The molecule has 0 saturated heterocycles. The fourth-order valence-corrected chi connectivity index (χ4v) is 4.64. The predicted molar refractivity (Wildman–Crippen MR) is 139 cm³/mol. The van der Waals surface area contributed by atoms with E-state index < -0.39 is 16.1 Å². The first-order chi connectivity index (χ1) is 16.6. The summed E-state index contributed by atoms with van der Waals surface area (Å²) in [7, 11) is -3.55. The van der Waals surface area contributed by atoms with Crippen LogP contribution in [0.1, 0.15) is 44.7 Å². The van der Waals surface area contributed by atoms with Gasteiger partial charge in [-0.2, -0.15) is 0 Å². The Morgan fingerprint density at radius 1 is 1.03 bits per heavy atom. The second-order valence-electron chi connectivity index (χ2n) is 8.44. The topological polar surface area (TPSA) is 96.0 Å². The van der Waals surface area contributed by atoms with Gasteiger partial charge in [0.2, 0.25) is 21.8 Å². The van der Waals surface area contributed by atoms with Gasteiger partial charge in [0.25, 0.3) is 0 Å². The van der Waals surface area contributed by atoms with E-state index in [1.807, 2.05) is 45.0 Å². The first kappa shape index (κ1) is 28.2. The Morgan fingerprint density at radius 2 is 1.66 bits per heavy atom. The van der Waals surface area contributed by atoms with Gasteiger partial charge in [-0.15, -0.1) is 0 Å². The van der Waals surface area contributed by atoms with Crippen LogP contribution in [-0.4, -0.2) is 57.1 Å². The van der Waals surface area contributed by atoms with Crippen LogP contribution in [0.5, 0.6) is 5.75 Å². The smallest absolute Gasteiger partial charge is 0.242 e. The number of carbonyl (C=O) groups is 2. The molecule has 0 unspecified atom stereocenters. The standard InChI is InChI=1S/C26H37N3O5S/c1-6-27-26(31)21(4)28(19-22-12-10-20(3)11-13-22)25(30)9-8-18-29(35(5,32)33)23-14-16-24(17-15-23)34-7-2/h10-17,21H,6-9,18-19H2,1-5H3,(H,27,31)/t21-/m1/s1. The maximum atomic E-state index is 13.2. The summed E-state index contributed by atoms with van der Waals surface area (Å²) < 4.78 is 31.6. The van der Waals surface area contributed by atoms with Crippen molar-refractivity contribution in [2.24, 2.45) is 0 Å². The fraction of sp³-hybridized carbons (Fsp3) is 0.462. The van der Waals surface area contributed by atoms with Crippen LogP contribution in [0.2, 0.25) is 0 Å². The first-order valence-corrected chi connectivity index (χ1v) is 13.7. The molecule has 0 saturated carbocycles. The van der Waals surface area contributed by atoms with Crippen LogP contribution in [0.3, 0.4) is 0 Å². The molecule has 0 aliphatic rings. The van der Waals surface area contributed by atoms with Crippen molar-refractivity contribution in [3.05, 3.63) is 59.7 Å². The molecule has 0 fully saturated rings. The fourth-order valence-electron chi connectivity index (χ4n) is 3.67. The number of hydrogen-bond acceptors (Lipinski definition) is 5. The quantitative estimate of drug-likeness (QED) is 0.451. The molecule has 0 bridgehead atoms. The van der Waals surface area contributed by atoms with Crippen LogP contribution in [0.15, 0.2) is 48.5 Å². The molecular weight excluding hydrogens is 466 g/mol. The average Bonchev–Trinajstić information content (AvgIpc) is 2.81. The van der Waals surface area contributed by atoms with Gasteiger partial charge in [0, 0.05) is 26.1 Å². The minimum Gasteiger partial charge on any atom is -0.494 e. The monoisotopic (exact) mass is 503 g/mol. The summed E-state index contributed by atoms with van der Waals surface area (Å²) >= 11 is 0. The van der Waals surface area contributed by atoms with Crippen molar-refractivity contribution >= 4 is 27.5 Å². The number of likely N-dealkylation sites (N-methyl/N-ethyl adjacent to an activating group) is 1. The maximum absolute atomic E-state index is 13.2. The summed E-state index contributed by atoms with van der Waals surface area (Å²) in [5, 5.41) is 2.77. The van der Waals surface area contributed by atoms with Crippen molar-refractivity contribution in [1.29, 1.82) is 0 Å². The van der Waals surface area contributed by atoms with Crippen molar-refractivity contribution in [3.63, 3.8) is 0 Å². The molecule has 1 N–H and O–H groups in total. The second-order valence-corrected chi connectivity index (χ2v) is 10.4. The molecule has 0 radical (unpaired) electrons. The van der Waals surface area contributed by atoms with Crippen molar-refractivity contribution < 1.29 is 22.7 Å². The van der Waals surface area contributed by atoms with E-state index in [1.165, 1.54) is 4.31 Å². The molecule has 0 aromatic heterocycles. The van der Waals surface area contributed by atoms with Crippen molar-refractivity contribution in [3.8, 4) is 5.75 Å². The Kier molecular flexibility index (Phi) is 10.6. The van der Waals surface area contributed by atoms with E-state index in [0.29, 0.717) is 37.6 Å². The number of aryl methyl sites for hydroxylation is 1. The SMILES string of the molecule is CCNC(=O)[C@@H](C)N(Cc1ccc(C)cc1)C(=O)CCCN(c1ccc(OCC)cc1)S(C)(=O)=O. The van der Waals surface area contributed by atoms with Gasteiger partial charge in [-0.05, 0) is 63.9 Å². The molecule has 0 aliphatic carbocycles. The zero-order chi connectivity index (χ0) is 26.0. The summed E-state index contributed by atoms with van der Waals surface area (Å²) in [4.78, 5) is 27.3. The van der Waals surface area contributed by atoms with Gasteiger partial charge >= 0.3 is 0 Å². The van der Waals surface area contributed by atoms with Crippen LogP contribution in [-0.2, 0) is 26.2 Å². The summed E-state index contributed by atoms with van der Waals surface area (Å²) in [6.45, 7) is 8.84. The third-order valence-corrected chi connectivity index (χ3v) is 6.77. The molecule has 9 heteroatoms. The number of benzene rings is 2. The van der Waals surface area contributed by atoms with Gasteiger partial charge in [-0.3, -0.25) is 13.9 Å². The highest BCUT2D eigenvalue weighted by atomic mass is 32.2. The summed E-state index contributed by atoms with van der Waals surface area (Å²) in [5.41, 5.74) is 2.54. The molecule has 35 heavy (non-hydrogen) atoms. The second kappa shape index (κ2) is 13.1. The number of anilines is 1. The molecule has 2 aromatic carbocycles. The number of nitrogens with zero attached hydrogens (tertiary/aromatic N) is 2. The van der Waals surface area contributed by atoms with Gasteiger partial charge in [0.15, 0.2) is 0 Å². The number of sulfonamides is 1. The lowest BCUT2D eigenvalue weighted by Crippen LogP contribution is -2.47. The van der Waals surface area contributed by atoms with Gasteiger partial charge in [-0.25, -0.2) is 8.42 Å². The van der Waals surface area contributed by atoms with Gasteiger partial charge in [-0.1, -0.05) is 29.8 Å². The minimum absolute atomic E-state index is 0.110. The predicted octanol–water partition coefficient (Wildman–Crippen LogP) is 3.49. The van der Waals surface area contributed by atoms with E-state index in [1.54, 1.807) is 36.1 Å². The third-order valence-electron chi connectivity index (χ3n) is 5.58. The molecule has 2 aromatic rings. The van der Waals surface area contributed by atoms with E-state index in [4.69, 9.17) is 4.74 Å². The summed E-state index contributed by atoms with van der Waals surface area (Å²) in [5.74, 6) is 0.232. The molecule has 2 rings (SSSR count). The van der Waals surface area contributed by atoms with E-state index >= 15 is 0 Å². The molecule has 8 nitrogen and oxygen atoms in total. The zero-order valence-electron chi connectivity index (χ0n) is 21.3. The van der Waals surface area contributed by atoms with Gasteiger partial charge in [0.05, 0.1) is 18.6 Å². The molecule has 0 aliphatic heterocycles. The van der Waals surface area contributed by atoms with Crippen LogP contribution in [0, 0.1) is 6.92 Å². The highest BCUT2D eigenvalue weighted by Gasteiger charge is 2.26. The molecule has 0 heterocycles. The van der Waals surface area contributed by atoms with Crippen molar-refractivity contribution in [1.82, 2.24) is 10.2 Å². The highest BCUT2D eigenvalue weighted by Crippen LogP contribution is 2.22. The van der Waals surface area contributed by atoms with E-state index in [0.717, 1.165) is 17.4 Å². The minimum atomic E-state index is -3.55. The van der Waals surface area contributed by atoms with E-state index in [-0.39, 0.29) is 24.8 Å². The van der Waals surface area contributed by atoms with E-state index in [2.05, 4.69) is 5.32 Å².